The first-order valence-electron chi connectivity index (χ1n) is 5.94. The van der Waals surface area contributed by atoms with Crippen LogP contribution in [0.2, 0.25) is 0 Å². The van der Waals surface area contributed by atoms with Gasteiger partial charge >= 0.3 is 0 Å². The highest BCUT2D eigenvalue weighted by Gasteiger charge is 2.41. The lowest BCUT2D eigenvalue weighted by Gasteiger charge is -2.30. The molecule has 13 heavy (non-hydrogen) atoms. The smallest absolute Gasteiger partial charge is 0.00982 e. The van der Waals surface area contributed by atoms with Crippen molar-refractivity contribution in [3.63, 3.8) is 0 Å². The van der Waals surface area contributed by atoms with Gasteiger partial charge < -0.3 is 5.73 Å². The number of rotatable bonds is 2. The Kier molecular flexibility index (Phi) is 2.64. The highest BCUT2D eigenvalue weighted by Crippen LogP contribution is 2.44. The van der Waals surface area contributed by atoms with Crippen molar-refractivity contribution in [2.24, 2.45) is 29.4 Å². The molecule has 0 aromatic heterocycles. The first-order valence-corrected chi connectivity index (χ1v) is 5.94. The largest absolute Gasteiger partial charge is 0.327 e. The Morgan fingerprint density at radius 2 is 1.62 bits per heavy atom. The molecule has 0 radical (unpaired) electrons. The van der Waals surface area contributed by atoms with Crippen LogP contribution in [0.5, 0.6) is 0 Å². The van der Waals surface area contributed by atoms with E-state index >= 15 is 0 Å². The molecule has 2 N–H and O–H groups in total. The third kappa shape index (κ3) is 2.07. The Morgan fingerprint density at radius 3 is 2.08 bits per heavy atom. The molecule has 2 aliphatic carbocycles. The molecule has 2 saturated carbocycles. The third-order valence-corrected chi connectivity index (χ3v) is 4.27. The van der Waals surface area contributed by atoms with E-state index in [1.165, 1.54) is 32.1 Å². The van der Waals surface area contributed by atoms with Gasteiger partial charge in [0.05, 0.1) is 0 Å². The van der Waals surface area contributed by atoms with E-state index in [2.05, 4.69) is 13.8 Å². The van der Waals surface area contributed by atoms with E-state index < -0.39 is 0 Å². The molecule has 0 aromatic carbocycles. The third-order valence-electron chi connectivity index (χ3n) is 4.27. The van der Waals surface area contributed by atoms with E-state index in [1.54, 1.807) is 0 Å². The first-order chi connectivity index (χ1) is 6.18. The van der Waals surface area contributed by atoms with Gasteiger partial charge in [-0.2, -0.15) is 0 Å². The zero-order chi connectivity index (χ0) is 9.42. The molecule has 0 heterocycles. The second-order valence-corrected chi connectivity index (χ2v) is 5.47. The topological polar surface area (TPSA) is 26.0 Å². The minimum absolute atomic E-state index is 0.530. The Balaban J connectivity index is 1.80. The summed E-state index contributed by atoms with van der Waals surface area (Å²) in [5, 5.41) is 0. The van der Waals surface area contributed by atoms with Crippen LogP contribution >= 0.6 is 0 Å². The predicted octanol–water partition coefficient (Wildman–Crippen LogP) is 2.80. The summed E-state index contributed by atoms with van der Waals surface area (Å²) in [6, 6.07) is 0.530. The van der Waals surface area contributed by atoms with Gasteiger partial charge in [-0.15, -0.1) is 0 Å². The minimum atomic E-state index is 0.530. The molecule has 3 atom stereocenters. The monoisotopic (exact) mass is 181 g/mol. The molecule has 0 aromatic rings. The Labute approximate surface area is 82.1 Å². The highest BCUT2D eigenvalue weighted by molar-refractivity contribution is 4.94. The summed E-state index contributed by atoms with van der Waals surface area (Å²) in [7, 11) is 0. The first kappa shape index (κ1) is 9.51. The van der Waals surface area contributed by atoms with Crippen molar-refractivity contribution in [2.45, 2.75) is 52.0 Å². The fourth-order valence-corrected chi connectivity index (χ4v) is 2.91. The minimum Gasteiger partial charge on any atom is -0.327 e. The van der Waals surface area contributed by atoms with Crippen LogP contribution in [-0.2, 0) is 0 Å². The van der Waals surface area contributed by atoms with E-state index in [-0.39, 0.29) is 0 Å². The molecule has 3 unspecified atom stereocenters. The standard InChI is InChI=1S/C12H23N/c1-8-3-5-10(6-4-8)12(13)11-7-9(11)2/h8-12H,3-7,13H2,1-2H3. The second-order valence-electron chi connectivity index (χ2n) is 5.47. The van der Waals surface area contributed by atoms with Crippen LogP contribution in [0.25, 0.3) is 0 Å². The summed E-state index contributed by atoms with van der Waals surface area (Å²) in [5.74, 6) is 3.61. The second kappa shape index (κ2) is 3.61. The quantitative estimate of drug-likeness (QED) is 0.696. The fraction of sp³-hybridized carbons (Fsp3) is 1.00. The number of hydrogen-bond donors (Lipinski definition) is 1. The molecule has 0 amide bonds. The van der Waals surface area contributed by atoms with Gasteiger partial charge in [-0.25, -0.2) is 0 Å². The van der Waals surface area contributed by atoms with Crippen LogP contribution in [0.1, 0.15) is 46.0 Å². The lowest BCUT2D eigenvalue weighted by molar-refractivity contribution is 0.238. The molecular formula is C12H23N. The van der Waals surface area contributed by atoms with Crippen LogP contribution in [0, 0.1) is 23.7 Å². The molecule has 0 spiro atoms. The van der Waals surface area contributed by atoms with Gasteiger partial charge in [0.2, 0.25) is 0 Å². The summed E-state index contributed by atoms with van der Waals surface area (Å²) in [5.41, 5.74) is 6.29. The van der Waals surface area contributed by atoms with Crippen molar-refractivity contribution in [3.05, 3.63) is 0 Å². The molecule has 76 valence electrons. The van der Waals surface area contributed by atoms with E-state index in [1.807, 2.05) is 0 Å². The van der Waals surface area contributed by atoms with Gasteiger partial charge in [0.15, 0.2) is 0 Å². The summed E-state index contributed by atoms with van der Waals surface area (Å²) in [4.78, 5) is 0. The van der Waals surface area contributed by atoms with E-state index in [0.717, 1.165) is 23.7 Å². The van der Waals surface area contributed by atoms with Gasteiger partial charge in [-0.1, -0.05) is 26.7 Å². The van der Waals surface area contributed by atoms with Crippen LogP contribution in [0.15, 0.2) is 0 Å². The maximum atomic E-state index is 6.29. The molecule has 1 nitrogen and oxygen atoms in total. The average Bonchev–Trinajstić information content (AvgIpc) is 2.83. The average molecular weight is 181 g/mol. The maximum absolute atomic E-state index is 6.29. The zero-order valence-corrected chi connectivity index (χ0v) is 9.00. The molecule has 2 rings (SSSR count). The molecule has 2 aliphatic rings. The predicted molar refractivity (Wildman–Crippen MR) is 56.4 cm³/mol. The molecule has 0 saturated heterocycles. The Morgan fingerprint density at radius 1 is 1.08 bits per heavy atom. The molecule has 1 heteroatoms. The van der Waals surface area contributed by atoms with Crippen molar-refractivity contribution in [1.29, 1.82) is 0 Å². The van der Waals surface area contributed by atoms with Crippen LogP contribution in [-0.4, -0.2) is 6.04 Å². The van der Waals surface area contributed by atoms with Gasteiger partial charge in [0, 0.05) is 6.04 Å². The van der Waals surface area contributed by atoms with Gasteiger partial charge in [-0.3, -0.25) is 0 Å². The van der Waals surface area contributed by atoms with Crippen molar-refractivity contribution >= 4 is 0 Å². The SMILES string of the molecule is CC1CCC(C(N)C2CC2C)CC1. The fourth-order valence-electron chi connectivity index (χ4n) is 2.91. The summed E-state index contributed by atoms with van der Waals surface area (Å²) < 4.78 is 0. The van der Waals surface area contributed by atoms with Crippen LogP contribution < -0.4 is 5.73 Å². The van der Waals surface area contributed by atoms with Crippen LogP contribution in [0.3, 0.4) is 0 Å². The van der Waals surface area contributed by atoms with Crippen molar-refractivity contribution in [2.75, 3.05) is 0 Å². The molecule has 0 aliphatic heterocycles. The Bertz CT molecular complexity index is 170. The summed E-state index contributed by atoms with van der Waals surface area (Å²) >= 11 is 0. The normalized spacial score (nSPS) is 47.3. The van der Waals surface area contributed by atoms with Gasteiger partial charge in [0.1, 0.15) is 0 Å². The van der Waals surface area contributed by atoms with E-state index in [0.29, 0.717) is 6.04 Å². The van der Waals surface area contributed by atoms with Crippen molar-refractivity contribution in [3.8, 4) is 0 Å². The molecular weight excluding hydrogens is 158 g/mol. The number of nitrogens with two attached hydrogens (primary N) is 1. The maximum Gasteiger partial charge on any atom is 0.00982 e. The van der Waals surface area contributed by atoms with Gasteiger partial charge in [-0.05, 0) is 42.9 Å². The lowest BCUT2D eigenvalue weighted by atomic mass is 9.78. The van der Waals surface area contributed by atoms with Gasteiger partial charge in [0.25, 0.3) is 0 Å². The lowest BCUT2D eigenvalue weighted by Crippen LogP contribution is -2.35. The van der Waals surface area contributed by atoms with Crippen molar-refractivity contribution < 1.29 is 0 Å². The molecule has 2 fully saturated rings. The summed E-state index contributed by atoms with van der Waals surface area (Å²) in [6.45, 7) is 4.72. The summed E-state index contributed by atoms with van der Waals surface area (Å²) in [6.07, 6.45) is 7.02. The molecule has 0 bridgehead atoms. The Hall–Kier alpha value is -0.0400. The van der Waals surface area contributed by atoms with Crippen molar-refractivity contribution in [1.82, 2.24) is 0 Å². The van der Waals surface area contributed by atoms with Crippen LogP contribution in [0.4, 0.5) is 0 Å². The zero-order valence-electron chi connectivity index (χ0n) is 9.00. The highest BCUT2D eigenvalue weighted by atomic mass is 14.7. The number of hydrogen-bond acceptors (Lipinski definition) is 1. The van der Waals surface area contributed by atoms with E-state index in [9.17, 15) is 0 Å². The van der Waals surface area contributed by atoms with E-state index in [4.69, 9.17) is 5.73 Å².